The molecule has 4 heteroatoms. The highest BCUT2D eigenvalue weighted by Crippen LogP contribution is 2.10. The summed E-state index contributed by atoms with van der Waals surface area (Å²) in [5.41, 5.74) is 2.61. The number of alkyl halides is 1. The lowest BCUT2D eigenvalue weighted by Crippen LogP contribution is -2.26. The summed E-state index contributed by atoms with van der Waals surface area (Å²) >= 11 is 3.44. The third kappa shape index (κ3) is 4.78. The average molecular weight is 303 g/mol. The SMILES string of the molecule is CCO[SiH](Cc1ccc(CBr)cc1)OCC. The molecule has 0 saturated carbocycles. The van der Waals surface area contributed by atoms with Gasteiger partial charge in [-0.3, -0.25) is 0 Å². The van der Waals surface area contributed by atoms with Crippen molar-refractivity contribution < 1.29 is 8.85 Å². The molecule has 0 N–H and O–H groups in total. The summed E-state index contributed by atoms with van der Waals surface area (Å²) in [6.45, 7) is 5.53. The lowest BCUT2D eigenvalue weighted by molar-refractivity contribution is 0.213. The second-order valence-corrected chi connectivity index (χ2v) is 5.99. The van der Waals surface area contributed by atoms with Crippen LogP contribution in [0.5, 0.6) is 0 Å². The number of halogens is 1. The Bertz CT molecular complexity index is 284. The van der Waals surface area contributed by atoms with Crippen molar-refractivity contribution in [3.8, 4) is 0 Å². The molecule has 0 bridgehead atoms. The van der Waals surface area contributed by atoms with Crippen molar-refractivity contribution in [3.05, 3.63) is 35.4 Å². The summed E-state index contributed by atoms with van der Waals surface area (Å²) < 4.78 is 11.3. The van der Waals surface area contributed by atoms with Gasteiger partial charge in [0, 0.05) is 24.6 Å². The van der Waals surface area contributed by atoms with E-state index in [1.165, 1.54) is 11.1 Å². The molecular formula is C12H19BrO2Si. The molecule has 2 nitrogen and oxygen atoms in total. The molecule has 0 aliphatic heterocycles. The van der Waals surface area contributed by atoms with Gasteiger partial charge < -0.3 is 8.85 Å². The molecule has 0 aliphatic carbocycles. The van der Waals surface area contributed by atoms with Crippen molar-refractivity contribution in [2.24, 2.45) is 0 Å². The standard InChI is InChI=1S/C12H19BrO2Si/c1-3-14-16(15-4-2)10-12-7-5-11(9-13)6-8-12/h5-8,16H,3-4,9-10H2,1-2H3. The summed E-state index contributed by atoms with van der Waals surface area (Å²) in [5, 5.41) is 0.908. The van der Waals surface area contributed by atoms with E-state index in [0.29, 0.717) is 0 Å². The van der Waals surface area contributed by atoms with Crippen molar-refractivity contribution in [2.75, 3.05) is 13.2 Å². The van der Waals surface area contributed by atoms with Gasteiger partial charge in [0.15, 0.2) is 0 Å². The maximum absolute atomic E-state index is 5.65. The molecule has 1 aromatic rings. The minimum absolute atomic E-state index is 0.746. The summed E-state index contributed by atoms with van der Waals surface area (Å²) in [7, 11) is -1.50. The predicted octanol–water partition coefficient (Wildman–Crippen LogP) is 2.96. The molecule has 0 aliphatic rings. The lowest BCUT2D eigenvalue weighted by atomic mass is 10.2. The van der Waals surface area contributed by atoms with Crippen LogP contribution < -0.4 is 0 Å². The van der Waals surface area contributed by atoms with Crippen molar-refractivity contribution in [1.82, 2.24) is 0 Å². The molecule has 0 saturated heterocycles. The molecule has 1 rings (SSSR count). The van der Waals surface area contributed by atoms with Crippen molar-refractivity contribution in [2.45, 2.75) is 25.2 Å². The first-order valence-electron chi connectivity index (χ1n) is 5.67. The fourth-order valence-corrected chi connectivity index (χ4v) is 3.60. The molecular weight excluding hydrogens is 284 g/mol. The predicted molar refractivity (Wildman–Crippen MR) is 73.2 cm³/mol. The van der Waals surface area contributed by atoms with Crippen LogP contribution in [0, 0.1) is 0 Å². The number of hydrogen-bond acceptors (Lipinski definition) is 2. The Morgan fingerprint density at radius 2 is 1.50 bits per heavy atom. The van der Waals surface area contributed by atoms with Gasteiger partial charge in [0.05, 0.1) is 0 Å². The average Bonchev–Trinajstić information content (AvgIpc) is 2.31. The normalized spacial score (nSPS) is 11.0. The Labute approximate surface area is 108 Å². The van der Waals surface area contributed by atoms with Gasteiger partial charge in [-0.15, -0.1) is 0 Å². The first-order chi connectivity index (χ1) is 7.80. The zero-order valence-electron chi connectivity index (χ0n) is 9.91. The van der Waals surface area contributed by atoms with Gasteiger partial charge >= 0.3 is 9.28 Å². The van der Waals surface area contributed by atoms with Crippen LogP contribution >= 0.6 is 15.9 Å². The molecule has 0 spiro atoms. The lowest BCUT2D eigenvalue weighted by Gasteiger charge is -2.14. The second kappa shape index (κ2) is 8.01. The van der Waals surface area contributed by atoms with Crippen LogP contribution in [0.4, 0.5) is 0 Å². The van der Waals surface area contributed by atoms with E-state index < -0.39 is 9.28 Å². The van der Waals surface area contributed by atoms with Gasteiger partial charge in [-0.1, -0.05) is 40.2 Å². The van der Waals surface area contributed by atoms with Gasteiger partial charge in [-0.2, -0.15) is 0 Å². The Balaban J connectivity index is 2.54. The maximum Gasteiger partial charge on any atom is 0.325 e. The highest BCUT2D eigenvalue weighted by molar-refractivity contribution is 9.08. The second-order valence-electron chi connectivity index (χ2n) is 3.49. The van der Waals surface area contributed by atoms with Crippen LogP contribution in [0.2, 0.25) is 0 Å². The third-order valence-electron chi connectivity index (χ3n) is 2.28. The smallest absolute Gasteiger partial charge is 0.325 e. The quantitative estimate of drug-likeness (QED) is 0.569. The molecule has 90 valence electrons. The summed E-state index contributed by atoms with van der Waals surface area (Å²) in [5.74, 6) is 0. The van der Waals surface area contributed by atoms with Gasteiger partial charge in [0.25, 0.3) is 0 Å². The fourth-order valence-electron chi connectivity index (χ4n) is 1.49. The Kier molecular flexibility index (Phi) is 6.95. The van der Waals surface area contributed by atoms with Crippen LogP contribution in [0.25, 0.3) is 0 Å². The van der Waals surface area contributed by atoms with E-state index in [-0.39, 0.29) is 0 Å². The summed E-state index contributed by atoms with van der Waals surface area (Å²) in [6.07, 6.45) is 0. The molecule has 0 amide bonds. The van der Waals surface area contributed by atoms with Gasteiger partial charge in [-0.05, 0) is 25.0 Å². The highest BCUT2D eigenvalue weighted by atomic mass is 79.9. The minimum atomic E-state index is -1.50. The van der Waals surface area contributed by atoms with E-state index in [0.717, 1.165) is 24.6 Å². The van der Waals surface area contributed by atoms with Crippen molar-refractivity contribution in [1.29, 1.82) is 0 Å². The monoisotopic (exact) mass is 302 g/mol. The number of rotatable bonds is 7. The van der Waals surface area contributed by atoms with Crippen LogP contribution in [0.15, 0.2) is 24.3 Å². The Hall–Kier alpha value is -0.163. The Morgan fingerprint density at radius 1 is 1.00 bits per heavy atom. The van der Waals surface area contributed by atoms with Crippen LogP contribution in [0.3, 0.4) is 0 Å². The number of benzene rings is 1. The van der Waals surface area contributed by atoms with Crippen molar-refractivity contribution >= 4 is 25.2 Å². The zero-order chi connectivity index (χ0) is 11.8. The third-order valence-corrected chi connectivity index (χ3v) is 5.15. The van der Waals surface area contributed by atoms with Gasteiger partial charge in [0.1, 0.15) is 0 Å². The topological polar surface area (TPSA) is 18.5 Å². The van der Waals surface area contributed by atoms with E-state index in [1.54, 1.807) is 0 Å². The molecule has 0 aromatic heterocycles. The van der Waals surface area contributed by atoms with Gasteiger partial charge in [-0.25, -0.2) is 0 Å². The van der Waals surface area contributed by atoms with E-state index in [4.69, 9.17) is 8.85 Å². The van der Waals surface area contributed by atoms with Crippen LogP contribution in [-0.4, -0.2) is 22.5 Å². The fraction of sp³-hybridized carbons (Fsp3) is 0.500. The molecule has 0 fully saturated rings. The first-order valence-corrected chi connectivity index (χ1v) is 8.55. The highest BCUT2D eigenvalue weighted by Gasteiger charge is 2.12. The molecule has 0 unspecified atom stereocenters. The number of hydrogen-bond donors (Lipinski definition) is 0. The summed E-state index contributed by atoms with van der Waals surface area (Å²) in [6, 6.07) is 9.56. The maximum atomic E-state index is 5.65. The van der Waals surface area contributed by atoms with E-state index in [2.05, 4.69) is 40.2 Å². The molecule has 1 aromatic carbocycles. The van der Waals surface area contributed by atoms with Crippen molar-refractivity contribution in [3.63, 3.8) is 0 Å². The Morgan fingerprint density at radius 3 is 1.94 bits per heavy atom. The van der Waals surface area contributed by atoms with Crippen LogP contribution in [-0.2, 0) is 20.2 Å². The van der Waals surface area contributed by atoms with E-state index >= 15 is 0 Å². The van der Waals surface area contributed by atoms with Gasteiger partial charge in [0.2, 0.25) is 0 Å². The first kappa shape index (κ1) is 13.9. The van der Waals surface area contributed by atoms with E-state index in [9.17, 15) is 0 Å². The zero-order valence-corrected chi connectivity index (χ0v) is 12.7. The molecule has 0 heterocycles. The minimum Gasteiger partial charge on any atom is -0.397 e. The molecule has 0 atom stereocenters. The van der Waals surface area contributed by atoms with Crippen LogP contribution in [0.1, 0.15) is 25.0 Å². The molecule has 16 heavy (non-hydrogen) atoms. The molecule has 0 radical (unpaired) electrons. The summed E-state index contributed by atoms with van der Waals surface area (Å²) in [4.78, 5) is 0. The largest absolute Gasteiger partial charge is 0.397 e. The van der Waals surface area contributed by atoms with E-state index in [1.807, 2.05) is 13.8 Å².